The standard InChI is InChI=1S/C13H9Cl2F2NO/c14-9-5-11(16)8(4-12(9)17)13(19)3-7-1-2-18-6-10(7)15/h1-2,4-6,13,19H,3H2. The molecular formula is C13H9Cl2F2NO. The Morgan fingerprint density at radius 1 is 1.16 bits per heavy atom. The monoisotopic (exact) mass is 303 g/mol. The Morgan fingerprint density at radius 2 is 1.89 bits per heavy atom. The van der Waals surface area contributed by atoms with Crippen LogP contribution in [0.1, 0.15) is 17.2 Å². The number of hydrogen-bond donors (Lipinski definition) is 1. The minimum absolute atomic E-state index is 0.0549. The maximum atomic E-state index is 13.6. The van der Waals surface area contributed by atoms with Crippen molar-refractivity contribution in [3.05, 3.63) is 63.4 Å². The van der Waals surface area contributed by atoms with Gasteiger partial charge in [-0.25, -0.2) is 8.78 Å². The molecule has 1 heterocycles. The average molecular weight is 304 g/mol. The van der Waals surface area contributed by atoms with Crippen molar-refractivity contribution in [2.24, 2.45) is 0 Å². The first-order valence-electron chi connectivity index (χ1n) is 5.40. The van der Waals surface area contributed by atoms with Gasteiger partial charge in [-0.05, 0) is 23.8 Å². The van der Waals surface area contributed by atoms with E-state index in [0.29, 0.717) is 10.6 Å². The fraction of sp³-hybridized carbons (Fsp3) is 0.154. The number of nitrogens with zero attached hydrogens (tertiary/aromatic N) is 1. The summed E-state index contributed by atoms with van der Waals surface area (Å²) in [6.07, 6.45) is 1.76. The lowest BCUT2D eigenvalue weighted by molar-refractivity contribution is 0.173. The van der Waals surface area contributed by atoms with Crippen LogP contribution in [0.15, 0.2) is 30.6 Å². The fourth-order valence-electron chi connectivity index (χ4n) is 1.68. The normalized spacial score (nSPS) is 12.5. The van der Waals surface area contributed by atoms with E-state index in [-0.39, 0.29) is 17.0 Å². The van der Waals surface area contributed by atoms with Gasteiger partial charge in [0.1, 0.15) is 11.6 Å². The summed E-state index contributed by atoms with van der Waals surface area (Å²) >= 11 is 11.3. The molecule has 0 bridgehead atoms. The van der Waals surface area contributed by atoms with Gasteiger partial charge in [-0.3, -0.25) is 4.98 Å². The highest BCUT2D eigenvalue weighted by Crippen LogP contribution is 2.27. The molecule has 0 aliphatic heterocycles. The third-order valence-corrected chi connectivity index (χ3v) is 3.30. The van der Waals surface area contributed by atoms with Gasteiger partial charge >= 0.3 is 0 Å². The lowest BCUT2D eigenvalue weighted by Crippen LogP contribution is -2.06. The minimum atomic E-state index is -1.22. The van der Waals surface area contributed by atoms with Gasteiger partial charge in [-0.1, -0.05) is 23.2 Å². The number of halogens is 4. The fourth-order valence-corrected chi connectivity index (χ4v) is 2.03. The summed E-state index contributed by atoms with van der Waals surface area (Å²) in [4.78, 5) is 3.80. The Balaban J connectivity index is 2.28. The first-order chi connectivity index (χ1) is 8.99. The SMILES string of the molecule is OC(Cc1ccncc1Cl)c1cc(F)c(Cl)cc1F. The van der Waals surface area contributed by atoms with Gasteiger partial charge < -0.3 is 5.11 Å². The van der Waals surface area contributed by atoms with Crippen LogP contribution in [0.4, 0.5) is 8.78 Å². The van der Waals surface area contributed by atoms with Crippen molar-refractivity contribution in [3.8, 4) is 0 Å². The molecule has 0 radical (unpaired) electrons. The zero-order valence-electron chi connectivity index (χ0n) is 9.58. The summed E-state index contributed by atoms with van der Waals surface area (Å²) in [5.74, 6) is -1.54. The zero-order valence-corrected chi connectivity index (χ0v) is 11.1. The van der Waals surface area contributed by atoms with E-state index in [4.69, 9.17) is 23.2 Å². The van der Waals surface area contributed by atoms with Gasteiger partial charge in [-0.2, -0.15) is 0 Å². The Labute approximate surface area is 118 Å². The molecule has 2 aromatic rings. The van der Waals surface area contributed by atoms with E-state index in [1.807, 2.05) is 0 Å². The Hall–Kier alpha value is -1.23. The van der Waals surface area contributed by atoms with Crippen molar-refractivity contribution in [1.82, 2.24) is 4.98 Å². The second-order valence-corrected chi connectivity index (χ2v) is 4.79. The zero-order chi connectivity index (χ0) is 14.0. The highest BCUT2D eigenvalue weighted by Gasteiger charge is 2.17. The van der Waals surface area contributed by atoms with E-state index in [2.05, 4.69) is 4.98 Å². The molecule has 0 aliphatic carbocycles. The number of aromatic nitrogens is 1. The number of hydrogen-bond acceptors (Lipinski definition) is 2. The molecule has 1 aromatic carbocycles. The first kappa shape index (κ1) is 14.2. The largest absolute Gasteiger partial charge is 0.388 e. The highest BCUT2D eigenvalue weighted by molar-refractivity contribution is 6.31. The van der Waals surface area contributed by atoms with E-state index in [9.17, 15) is 13.9 Å². The molecule has 2 rings (SSSR count). The van der Waals surface area contributed by atoms with Crippen molar-refractivity contribution in [2.75, 3.05) is 0 Å². The van der Waals surface area contributed by atoms with Crippen molar-refractivity contribution in [3.63, 3.8) is 0 Å². The molecule has 0 spiro atoms. The van der Waals surface area contributed by atoms with Gasteiger partial charge in [0.15, 0.2) is 0 Å². The van der Waals surface area contributed by atoms with Gasteiger partial charge in [0.2, 0.25) is 0 Å². The molecule has 0 saturated heterocycles. The summed E-state index contributed by atoms with van der Waals surface area (Å²) in [7, 11) is 0. The predicted octanol–water partition coefficient (Wildman–Crippen LogP) is 3.94. The second kappa shape index (κ2) is 5.82. The predicted molar refractivity (Wildman–Crippen MR) is 69.3 cm³/mol. The Morgan fingerprint density at radius 3 is 2.58 bits per heavy atom. The van der Waals surface area contributed by atoms with Crippen LogP contribution in [0.25, 0.3) is 0 Å². The third-order valence-electron chi connectivity index (χ3n) is 2.67. The highest BCUT2D eigenvalue weighted by atomic mass is 35.5. The van der Waals surface area contributed by atoms with E-state index >= 15 is 0 Å². The van der Waals surface area contributed by atoms with Crippen LogP contribution in [-0.4, -0.2) is 10.1 Å². The molecule has 2 nitrogen and oxygen atoms in total. The van der Waals surface area contributed by atoms with Crippen molar-refractivity contribution in [2.45, 2.75) is 12.5 Å². The van der Waals surface area contributed by atoms with Gasteiger partial charge in [-0.15, -0.1) is 0 Å². The molecule has 1 unspecified atom stereocenters. The van der Waals surface area contributed by atoms with Crippen molar-refractivity contribution < 1.29 is 13.9 Å². The van der Waals surface area contributed by atoms with Gasteiger partial charge in [0.25, 0.3) is 0 Å². The molecule has 0 amide bonds. The van der Waals surface area contributed by atoms with Crippen molar-refractivity contribution >= 4 is 23.2 Å². The number of aliphatic hydroxyl groups is 1. The van der Waals surface area contributed by atoms with Crippen LogP contribution in [0.5, 0.6) is 0 Å². The number of rotatable bonds is 3. The number of benzene rings is 1. The number of pyridine rings is 1. The molecular weight excluding hydrogens is 295 g/mol. The van der Waals surface area contributed by atoms with E-state index in [1.54, 1.807) is 6.07 Å². The molecule has 19 heavy (non-hydrogen) atoms. The first-order valence-corrected chi connectivity index (χ1v) is 6.15. The summed E-state index contributed by atoms with van der Waals surface area (Å²) in [5.41, 5.74) is 0.439. The quantitative estimate of drug-likeness (QED) is 0.871. The molecule has 1 aromatic heterocycles. The van der Waals surface area contributed by atoms with Gasteiger partial charge in [0.05, 0.1) is 16.1 Å². The van der Waals surface area contributed by atoms with Crippen LogP contribution in [0.2, 0.25) is 10.0 Å². The molecule has 1 N–H and O–H groups in total. The van der Waals surface area contributed by atoms with Crippen LogP contribution in [0.3, 0.4) is 0 Å². The summed E-state index contributed by atoms with van der Waals surface area (Å²) in [6, 6.07) is 3.33. The van der Waals surface area contributed by atoms with Gasteiger partial charge in [0, 0.05) is 24.4 Å². The molecule has 0 saturated carbocycles. The molecule has 1 atom stereocenters. The average Bonchev–Trinajstić information content (AvgIpc) is 2.36. The number of aliphatic hydroxyl groups excluding tert-OH is 1. The smallest absolute Gasteiger partial charge is 0.142 e. The third kappa shape index (κ3) is 3.21. The molecule has 0 aliphatic rings. The topological polar surface area (TPSA) is 33.1 Å². The summed E-state index contributed by atoms with van der Waals surface area (Å²) in [6.45, 7) is 0. The Bertz CT molecular complexity index is 607. The van der Waals surface area contributed by atoms with Crippen LogP contribution >= 0.6 is 23.2 Å². The molecule has 100 valence electrons. The van der Waals surface area contributed by atoms with Crippen LogP contribution < -0.4 is 0 Å². The van der Waals surface area contributed by atoms with Crippen LogP contribution in [0, 0.1) is 11.6 Å². The van der Waals surface area contributed by atoms with E-state index in [1.165, 1.54) is 12.4 Å². The molecule has 6 heteroatoms. The lowest BCUT2D eigenvalue weighted by atomic mass is 10.0. The lowest BCUT2D eigenvalue weighted by Gasteiger charge is -2.13. The maximum Gasteiger partial charge on any atom is 0.142 e. The van der Waals surface area contributed by atoms with E-state index in [0.717, 1.165) is 12.1 Å². The summed E-state index contributed by atoms with van der Waals surface area (Å²) < 4.78 is 26.9. The Kier molecular flexibility index (Phi) is 4.34. The molecule has 0 fully saturated rings. The minimum Gasteiger partial charge on any atom is -0.388 e. The second-order valence-electron chi connectivity index (χ2n) is 3.97. The van der Waals surface area contributed by atoms with E-state index < -0.39 is 17.7 Å². The maximum absolute atomic E-state index is 13.6. The van der Waals surface area contributed by atoms with Crippen molar-refractivity contribution in [1.29, 1.82) is 0 Å². The van der Waals surface area contributed by atoms with Crippen LogP contribution in [-0.2, 0) is 6.42 Å². The summed E-state index contributed by atoms with van der Waals surface area (Å²) in [5, 5.41) is 10.00.